The Morgan fingerprint density at radius 1 is 1.48 bits per heavy atom. The van der Waals surface area contributed by atoms with Crippen LogP contribution in [0.4, 0.5) is 11.4 Å². The Kier molecular flexibility index (Phi) is 4.00. The van der Waals surface area contributed by atoms with Crippen molar-refractivity contribution in [3.05, 3.63) is 27.8 Å². The van der Waals surface area contributed by atoms with Crippen LogP contribution in [0.1, 0.15) is 12.5 Å². The lowest BCUT2D eigenvalue weighted by atomic mass is 10.1. The Labute approximate surface area is 133 Å². The molecule has 1 aromatic rings. The summed E-state index contributed by atoms with van der Waals surface area (Å²) in [6.45, 7) is 3.99. The third-order valence-electron chi connectivity index (χ3n) is 4.14. The van der Waals surface area contributed by atoms with Gasteiger partial charge in [-0.1, -0.05) is 0 Å². The van der Waals surface area contributed by atoms with Gasteiger partial charge in [-0.2, -0.15) is 0 Å². The van der Waals surface area contributed by atoms with Crippen molar-refractivity contribution in [2.24, 2.45) is 5.14 Å². The molecule has 0 saturated carbocycles. The van der Waals surface area contributed by atoms with E-state index in [-0.39, 0.29) is 22.9 Å². The number of hydrogen-bond donors (Lipinski definition) is 2. The minimum absolute atomic E-state index is 0.0872. The molecule has 10 heteroatoms. The Bertz CT molecular complexity index is 751. The van der Waals surface area contributed by atoms with Crippen LogP contribution in [0.2, 0.25) is 0 Å². The molecule has 126 valence electrons. The Morgan fingerprint density at radius 3 is 2.83 bits per heavy atom. The van der Waals surface area contributed by atoms with Crippen molar-refractivity contribution in [1.29, 1.82) is 0 Å². The van der Waals surface area contributed by atoms with Crippen molar-refractivity contribution in [3.8, 4) is 0 Å². The van der Waals surface area contributed by atoms with E-state index in [4.69, 9.17) is 9.88 Å². The van der Waals surface area contributed by atoms with Crippen molar-refractivity contribution < 1.29 is 18.1 Å². The first-order valence-corrected chi connectivity index (χ1v) is 8.76. The number of fused-ring (bicyclic) bond motifs is 1. The fourth-order valence-corrected chi connectivity index (χ4v) is 3.65. The van der Waals surface area contributed by atoms with Gasteiger partial charge in [0.2, 0.25) is 10.0 Å². The third kappa shape index (κ3) is 3.15. The molecule has 2 aliphatic rings. The number of anilines is 1. The summed E-state index contributed by atoms with van der Waals surface area (Å²) in [5.74, 6) is 0. The highest BCUT2D eigenvalue weighted by Crippen LogP contribution is 2.38. The van der Waals surface area contributed by atoms with Crippen LogP contribution in [0.15, 0.2) is 17.0 Å². The molecule has 0 bridgehead atoms. The Morgan fingerprint density at radius 2 is 2.22 bits per heavy atom. The zero-order chi connectivity index (χ0) is 16.8. The molecule has 1 fully saturated rings. The van der Waals surface area contributed by atoms with Crippen LogP contribution in [0.25, 0.3) is 0 Å². The molecule has 0 radical (unpaired) electrons. The zero-order valence-electron chi connectivity index (χ0n) is 12.6. The van der Waals surface area contributed by atoms with Gasteiger partial charge in [0, 0.05) is 25.6 Å². The highest BCUT2D eigenvalue weighted by atomic mass is 32.2. The molecule has 1 unspecified atom stereocenters. The number of nitrogens with two attached hydrogens (primary N) is 1. The lowest BCUT2D eigenvalue weighted by Gasteiger charge is -2.35. The average molecular weight is 342 g/mol. The van der Waals surface area contributed by atoms with Gasteiger partial charge in [-0.25, -0.2) is 13.6 Å². The fourth-order valence-electron chi connectivity index (χ4n) is 3.07. The normalized spacial score (nSPS) is 25.0. The van der Waals surface area contributed by atoms with Gasteiger partial charge in [-0.15, -0.1) is 0 Å². The smallest absolute Gasteiger partial charge is 0.294 e. The van der Waals surface area contributed by atoms with Gasteiger partial charge < -0.3 is 10.1 Å². The number of hydrogen-bond acceptors (Lipinski definition) is 7. The van der Waals surface area contributed by atoms with Crippen LogP contribution in [-0.4, -0.2) is 50.2 Å². The minimum Gasteiger partial charge on any atom is -0.376 e. The summed E-state index contributed by atoms with van der Waals surface area (Å²) in [5, 5.41) is 19.5. The summed E-state index contributed by atoms with van der Waals surface area (Å²) >= 11 is 0. The molecule has 3 rings (SSSR count). The van der Waals surface area contributed by atoms with Crippen LogP contribution in [0, 0.1) is 10.1 Å². The fraction of sp³-hybridized carbons (Fsp3) is 0.538. The number of morpholine rings is 1. The number of nitrogens with zero attached hydrogens (tertiary/aromatic N) is 2. The molecule has 0 aliphatic carbocycles. The van der Waals surface area contributed by atoms with E-state index in [1.165, 1.54) is 6.07 Å². The van der Waals surface area contributed by atoms with E-state index < -0.39 is 14.9 Å². The maximum atomic E-state index is 11.5. The monoisotopic (exact) mass is 342 g/mol. The zero-order valence-corrected chi connectivity index (χ0v) is 13.4. The Hall–Kier alpha value is -1.75. The van der Waals surface area contributed by atoms with Crippen molar-refractivity contribution in [1.82, 2.24) is 4.90 Å². The lowest BCUT2D eigenvalue weighted by molar-refractivity contribution is -0.384. The molecular weight excluding hydrogens is 324 g/mol. The van der Waals surface area contributed by atoms with Crippen LogP contribution in [-0.2, 0) is 21.2 Å². The molecule has 0 spiro atoms. The summed E-state index contributed by atoms with van der Waals surface area (Å²) in [4.78, 5) is 12.6. The first-order valence-electron chi connectivity index (χ1n) is 7.22. The first kappa shape index (κ1) is 16.1. The molecule has 1 saturated heterocycles. The summed E-state index contributed by atoms with van der Waals surface area (Å²) < 4.78 is 28.6. The molecule has 23 heavy (non-hydrogen) atoms. The van der Waals surface area contributed by atoms with E-state index >= 15 is 0 Å². The van der Waals surface area contributed by atoms with Gasteiger partial charge in [-0.3, -0.25) is 15.0 Å². The number of nitro groups is 1. The van der Waals surface area contributed by atoms with Gasteiger partial charge in [-0.05, 0) is 18.6 Å². The molecule has 2 atom stereocenters. The van der Waals surface area contributed by atoms with Gasteiger partial charge in [0.05, 0.1) is 28.7 Å². The second kappa shape index (κ2) is 5.71. The van der Waals surface area contributed by atoms with Gasteiger partial charge in [0.1, 0.15) is 5.69 Å². The van der Waals surface area contributed by atoms with E-state index in [1.54, 1.807) is 0 Å². The second-order valence-electron chi connectivity index (χ2n) is 5.82. The number of nitro benzene ring substituents is 1. The first-order chi connectivity index (χ1) is 10.8. The van der Waals surface area contributed by atoms with Gasteiger partial charge in [0.15, 0.2) is 0 Å². The predicted molar refractivity (Wildman–Crippen MR) is 82.6 cm³/mol. The number of sulfonamides is 1. The summed E-state index contributed by atoms with van der Waals surface area (Å²) in [6, 6.07) is 2.42. The van der Waals surface area contributed by atoms with Crippen molar-refractivity contribution in [3.63, 3.8) is 0 Å². The maximum Gasteiger partial charge on any atom is 0.294 e. The van der Waals surface area contributed by atoms with Gasteiger partial charge in [0.25, 0.3) is 5.69 Å². The number of benzene rings is 1. The molecule has 2 heterocycles. The predicted octanol–water partition coefficient (Wildman–Crippen LogP) is 0.257. The molecule has 0 amide bonds. The average Bonchev–Trinajstić information content (AvgIpc) is 2.88. The van der Waals surface area contributed by atoms with E-state index in [1.807, 2.05) is 6.92 Å². The summed E-state index contributed by atoms with van der Waals surface area (Å²) in [5.41, 5.74) is 0.689. The van der Waals surface area contributed by atoms with Crippen molar-refractivity contribution in [2.75, 3.05) is 25.0 Å². The van der Waals surface area contributed by atoms with Gasteiger partial charge >= 0.3 is 0 Å². The quantitative estimate of drug-likeness (QED) is 0.595. The molecular formula is C13H18N4O5S. The maximum absolute atomic E-state index is 11.5. The van der Waals surface area contributed by atoms with E-state index in [0.29, 0.717) is 37.4 Å². The third-order valence-corrected chi connectivity index (χ3v) is 5.03. The molecule has 2 aliphatic heterocycles. The molecule has 9 nitrogen and oxygen atoms in total. The number of ether oxygens (including phenoxy) is 1. The molecule has 1 aromatic carbocycles. The van der Waals surface area contributed by atoms with E-state index in [2.05, 4.69) is 10.2 Å². The second-order valence-corrected chi connectivity index (χ2v) is 7.38. The summed E-state index contributed by atoms with van der Waals surface area (Å²) in [6.07, 6.45) is 0.446. The van der Waals surface area contributed by atoms with E-state index in [0.717, 1.165) is 6.07 Å². The molecule has 0 aromatic heterocycles. The number of primary sulfonamides is 1. The van der Waals surface area contributed by atoms with Crippen LogP contribution < -0.4 is 10.5 Å². The number of rotatable bonds is 3. The van der Waals surface area contributed by atoms with Crippen molar-refractivity contribution in [2.45, 2.75) is 30.5 Å². The van der Waals surface area contributed by atoms with Crippen LogP contribution >= 0.6 is 0 Å². The van der Waals surface area contributed by atoms with Crippen LogP contribution in [0.5, 0.6) is 0 Å². The van der Waals surface area contributed by atoms with E-state index in [9.17, 15) is 18.5 Å². The highest BCUT2D eigenvalue weighted by molar-refractivity contribution is 7.89. The minimum atomic E-state index is -4.00. The molecule has 3 N–H and O–H groups in total. The lowest BCUT2D eigenvalue weighted by Crippen LogP contribution is -2.49. The van der Waals surface area contributed by atoms with Crippen molar-refractivity contribution >= 4 is 21.4 Å². The standard InChI is InChI=1S/C13H18N4O5S/c1-8-7-16(2-3-22-8)12-5-9-4-10(23(14,20)21)6-11(17(18)19)13(9)15-12/h4,6,8,12,15H,2-3,5,7H2,1H3,(H2,14,20,21)/t8?,12-/m0/s1. The Balaban J connectivity index is 1.94. The largest absolute Gasteiger partial charge is 0.376 e. The topological polar surface area (TPSA) is 128 Å². The number of nitrogens with one attached hydrogen (secondary N) is 1. The SMILES string of the molecule is CC1CN([C@H]2Cc3cc(S(N)(=O)=O)cc([N+](=O)[O-])c3N2)CCO1. The van der Waals surface area contributed by atoms with Crippen LogP contribution in [0.3, 0.4) is 0 Å². The summed E-state index contributed by atoms with van der Waals surface area (Å²) in [7, 11) is -4.00. The highest BCUT2D eigenvalue weighted by Gasteiger charge is 2.34.